The molecule has 2 heteroatoms. The molecule has 0 spiro atoms. The van der Waals surface area contributed by atoms with Gasteiger partial charge >= 0.3 is 5.97 Å². The number of ether oxygens (including phenoxy) is 1. The van der Waals surface area contributed by atoms with Crippen molar-refractivity contribution in [3.05, 3.63) is 23.8 Å². The summed E-state index contributed by atoms with van der Waals surface area (Å²) in [5.74, 6) is -0.0287. The Balaban J connectivity index is 2.88. The zero-order chi connectivity index (χ0) is 14.1. The van der Waals surface area contributed by atoms with E-state index in [4.69, 9.17) is 4.74 Å². The van der Waals surface area contributed by atoms with E-state index < -0.39 is 5.60 Å². The van der Waals surface area contributed by atoms with Gasteiger partial charge < -0.3 is 4.74 Å². The van der Waals surface area contributed by atoms with Crippen LogP contribution in [0.2, 0.25) is 0 Å². The Morgan fingerprint density at radius 2 is 2.06 bits per heavy atom. The molecule has 1 unspecified atom stereocenters. The van der Waals surface area contributed by atoms with Crippen LogP contribution in [0.1, 0.15) is 54.4 Å². The average Bonchev–Trinajstić information content (AvgIpc) is 2.13. The van der Waals surface area contributed by atoms with Crippen LogP contribution in [0.15, 0.2) is 23.8 Å². The highest BCUT2D eigenvalue weighted by Gasteiger charge is 2.38. The minimum atomic E-state index is -0.477. The quantitative estimate of drug-likeness (QED) is 0.425. The fourth-order valence-electron chi connectivity index (χ4n) is 2.73. The van der Waals surface area contributed by atoms with Crippen molar-refractivity contribution in [2.75, 3.05) is 0 Å². The molecule has 0 radical (unpaired) electrons. The molecule has 0 aromatic carbocycles. The molecule has 0 amide bonds. The Morgan fingerprint density at radius 3 is 2.50 bits per heavy atom. The molecule has 18 heavy (non-hydrogen) atoms. The molecule has 2 nitrogen and oxygen atoms in total. The van der Waals surface area contributed by atoms with Gasteiger partial charge in [0.15, 0.2) is 0 Å². The normalized spacial score (nSPS) is 23.2. The molecular formula is C16H26O2. The minimum absolute atomic E-state index is 0.268. The molecule has 0 saturated carbocycles. The Labute approximate surface area is 111 Å². The molecule has 0 bridgehead atoms. The monoisotopic (exact) mass is 250 g/mol. The van der Waals surface area contributed by atoms with Gasteiger partial charge in [-0.15, -0.1) is 0 Å². The number of hydrogen-bond donors (Lipinski definition) is 0. The summed E-state index contributed by atoms with van der Waals surface area (Å²) >= 11 is 0. The van der Waals surface area contributed by atoms with Gasteiger partial charge in [-0.05, 0) is 46.0 Å². The van der Waals surface area contributed by atoms with Crippen molar-refractivity contribution in [3.63, 3.8) is 0 Å². The lowest BCUT2D eigenvalue weighted by Gasteiger charge is -2.41. The van der Waals surface area contributed by atoms with Gasteiger partial charge in [0.2, 0.25) is 0 Å². The zero-order valence-electron chi connectivity index (χ0n) is 12.6. The van der Waals surface area contributed by atoms with E-state index >= 15 is 0 Å². The van der Waals surface area contributed by atoms with Gasteiger partial charge in [-0.2, -0.15) is 0 Å². The first-order valence-electron chi connectivity index (χ1n) is 6.60. The van der Waals surface area contributed by atoms with Crippen molar-refractivity contribution in [3.8, 4) is 0 Å². The maximum absolute atomic E-state index is 11.7. The molecule has 0 saturated heterocycles. The summed E-state index contributed by atoms with van der Waals surface area (Å²) in [4.78, 5) is 11.7. The lowest BCUT2D eigenvalue weighted by molar-refractivity contribution is -0.156. The molecule has 1 rings (SSSR count). The van der Waals surface area contributed by atoms with E-state index in [9.17, 15) is 4.79 Å². The van der Waals surface area contributed by atoms with Gasteiger partial charge in [0, 0.05) is 11.5 Å². The number of hydrogen-bond acceptors (Lipinski definition) is 2. The third-order valence-corrected chi connectivity index (χ3v) is 3.61. The van der Waals surface area contributed by atoms with Crippen LogP contribution >= 0.6 is 0 Å². The van der Waals surface area contributed by atoms with Crippen LogP contribution in [-0.4, -0.2) is 11.6 Å². The summed E-state index contributed by atoms with van der Waals surface area (Å²) in [7, 11) is 0. The maximum Gasteiger partial charge on any atom is 0.333 e. The first-order valence-corrected chi connectivity index (χ1v) is 6.60. The first-order chi connectivity index (χ1) is 8.03. The van der Waals surface area contributed by atoms with Gasteiger partial charge in [-0.25, -0.2) is 4.79 Å². The summed E-state index contributed by atoms with van der Waals surface area (Å²) in [5.41, 5.74) is 1.64. The predicted molar refractivity (Wildman–Crippen MR) is 75.2 cm³/mol. The van der Waals surface area contributed by atoms with E-state index in [0.29, 0.717) is 5.57 Å². The summed E-state index contributed by atoms with van der Waals surface area (Å²) in [6, 6.07) is 0. The zero-order valence-corrected chi connectivity index (χ0v) is 12.6. The van der Waals surface area contributed by atoms with E-state index in [1.165, 1.54) is 5.57 Å². The number of carbonyl (C=O) groups is 1. The van der Waals surface area contributed by atoms with Gasteiger partial charge in [0.1, 0.15) is 5.60 Å². The largest absolute Gasteiger partial charge is 0.456 e. The molecule has 0 aromatic heterocycles. The fourth-order valence-corrected chi connectivity index (χ4v) is 2.73. The molecule has 0 heterocycles. The Morgan fingerprint density at radius 1 is 1.50 bits per heavy atom. The second kappa shape index (κ2) is 4.91. The van der Waals surface area contributed by atoms with Crippen molar-refractivity contribution in [2.45, 2.75) is 60.0 Å². The second-order valence-corrected chi connectivity index (χ2v) is 6.94. The highest BCUT2D eigenvalue weighted by Crippen LogP contribution is 2.43. The molecule has 0 aliphatic heterocycles. The summed E-state index contributed by atoms with van der Waals surface area (Å²) in [5, 5.41) is 0. The highest BCUT2D eigenvalue weighted by atomic mass is 16.6. The third kappa shape index (κ3) is 3.72. The average molecular weight is 250 g/mol. The molecule has 0 aromatic rings. The van der Waals surface area contributed by atoms with Gasteiger partial charge in [0.05, 0.1) is 0 Å². The summed E-state index contributed by atoms with van der Waals surface area (Å²) in [6.45, 7) is 16.0. The number of esters is 1. The van der Waals surface area contributed by atoms with Crippen molar-refractivity contribution in [2.24, 2.45) is 11.3 Å². The number of allylic oxidation sites excluding steroid dienone is 1. The molecule has 102 valence electrons. The second-order valence-electron chi connectivity index (χ2n) is 6.94. The van der Waals surface area contributed by atoms with Crippen molar-refractivity contribution < 1.29 is 9.53 Å². The number of carbonyl (C=O) groups excluding carboxylic acids is 1. The van der Waals surface area contributed by atoms with Crippen LogP contribution in [-0.2, 0) is 9.53 Å². The van der Waals surface area contributed by atoms with Gasteiger partial charge in [-0.1, -0.05) is 32.1 Å². The highest BCUT2D eigenvalue weighted by molar-refractivity contribution is 5.87. The molecule has 1 aliphatic carbocycles. The van der Waals surface area contributed by atoms with Crippen LogP contribution in [0.5, 0.6) is 0 Å². The molecule has 0 N–H and O–H groups in total. The van der Waals surface area contributed by atoms with Crippen LogP contribution in [0.25, 0.3) is 0 Å². The Hall–Kier alpha value is -1.05. The SMILES string of the molecule is C=C(C)C(=O)OC(C)(C)C1C=C(C)CC(C)(C)C1. The maximum atomic E-state index is 11.7. The Bertz CT molecular complexity index is 386. The van der Waals surface area contributed by atoms with Crippen LogP contribution < -0.4 is 0 Å². The smallest absolute Gasteiger partial charge is 0.333 e. The van der Waals surface area contributed by atoms with Crippen LogP contribution in [0.3, 0.4) is 0 Å². The minimum Gasteiger partial charge on any atom is -0.456 e. The Kier molecular flexibility index (Phi) is 4.09. The van der Waals surface area contributed by atoms with E-state index in [2.05, 4.69) is 33.4 Å². The molecule has 1 atom stereocenters. The van der Waals surface area contributed by atoms with Gasteiger partial charge in [-0.3, -0.25) is 0 Å². The van der Waals surface area contributed by atoms with Crippen molar-refractivity contribution in [1.82, 2.24) is 0 Å². The lowest BCUT2D eigenvalue weighted by atomic mass is 9.69. The summed E-state index contributed by atoms with van der Waals surface area (Å²) < 4.78 is 5.60. The van der Waals surface area contributed by atoms with Crippen molar-refractivity contribution in [1.29, 1.82) is 0 Å². The first kappa shape index (κ1) is 15.0. The molecule has 1 aliphatic rings. The van der Waals surface area contributed by atoms with E-state index in [-0.39, 0.29) is 17.3 Å². The van der Waals surface area contributed by atoms with E-state index in [1.54, 1.807) is 6.92 Å². The van der Waals surface area contributed by atoms with Crippen molar-refractivity contribution >= 4 is 5.97 Å². The van der Waals surface area contributed by atoms with E-state index in [0.717, 1.165) is 12.8 Å². The third-order valence-electron chi connectivity index (χ3n) is 3.61. The van der Waals surface area contributed by atoms with Crippen LogP contribution in [0, 0.1) is 11.3 Å². The molecule has 0 fully saturated rings. The lowest BCUT2D eigenvalue weighted by Crippen LogP contribution is -2.40. The predicted octanol–water partition coefficient (Wildman–Crippen LogP) is 4.27. The summed E-state index contributed by atoms with van der Waals surface area (Å²) in [6.07, 6.45) is 4.42. The van der Waals surface area contributed by atoms with E-state index in [1.807, 2.05) is 13.8 Å². The molecular weight excluding hydrogens is 224 g/mol. The topological polar surface area (TPSA) is 26.3 Å². The number of rotatable bonds is 3. The fraction of sp³-hybridized carbons (Fsp3) is 0.688. The van der Waals surface area contributed by atoms with Crippen LogP contribution in [0.4, 0.5) is 0 Å². The standard InChI is InChI=1S/C16H26O2/c1-11(2)14(17)18-16(6,7)13-8-12(3)9-15(4,5)10-13/h8,13H,1,9-10H2,2-7H3. The van der Waals surface area contributed by atoms with Gasteiger partial charge in [0.25, 0.3) is 0 Å².